The lowest BCUT2D eigenvalue weighted by Crippen LogP contribution is -2.41. The van der Waals surface area contributed by atoms with Gasteiger partial charge in [0, 0.05) is 62.3 Å². The number of amides is 7. The fourth-order valence-electron chi connectivity index (χ4n) is 8.14. The predicted octanol–water partition coefficient (Wildman–Crippen LogP) is 23.8. The van der Waals surface area contributed by atoms with Crippen LogP contribution in [0.3, 0.4) is 0 Å². The average Bonchev–Trinajstić information content (AvgIpc) is 1.75. The quantitative estimate of drug-likeness (QED) is 0.0385. The molecule has 3 aromatic rings. The molecule has 2 fully saturated rings. The summed E-state index contributed by atoms with van der Waals surface area (Å²) >= 11 is 0. The van der Waals surface area contributed by atoms with E-state index in [-0.39, 0.29) is 195 Å². The number of primary amides is 1. The van der Waals surface area contributed by atoms with Crippen LogP contribution in [0, 0.1) is 5.92 Å². The Balaban J connectivity index is -0.0000000764. The predicted molar refractivity (Wildman–Crippen MR) is 491 cm³/mol. The van der Waals surface area contributed by atoms with E-state index in [0.717, 1.165) is 24.9 Å². The third-order valence-corrected chi connectivity index (χ3v) is 12.0. The standard InChI is InChI=1S/C10H19NO2.C10H13NO2.C10H18O2.C9H13NO2.C8H11NO2.C8H17NO2.2C7H15NO2.C6H13NO2.C4H9NO2.10CH4/c2*1-8(2)13-10(12)11-9-6-4-3-5-7-9;1-8(2)12-10(11)7-9-5-3-4-6-9;1-7(2)12-9(11)8-5-4-6-10(8)3;1-6(2)11-8(10)7-4-3-5-9-7;1-6(2)11-7(10)9-8(3,4)5;1-5(2)8-7(9)10-6(3)4;1-4-5-8-7(9)10-6(2)3;1-4-7-6(8)9-5(2)3;1-3(2)7-4(5)6;;;;;;;;;;/h8-9H,3-7H2,1-2H3,(H,11,12);3-8H,1-2H3,(H,11,12);8-9H,3-7H2,1-2H3;4-7H,1-3H3;3-6,9H,1-2H3;6H,1-5H3,(H,9,10);5-6H,1-4H3,(H,8,9);6H,4-5H2,1-3H3,(H,8,9);5H,4H2,1-3H3,(H,7,8);3H,1-2H3,(H2,5,6);10*1H4. The second kappa shape index (κ2) is 87.4. The number of nitrogens with zero attached hydrogens (tertiary/aromatic N) is 1. The van der Waals surface area contributed by atoms with Crippen LogP contribution in [-0.2, 0) is 59.2 Å². The van der Waals surface area contributed by atoms with Gasteiger partial charge in [0.05, 0.1) is 61.0 Å². The van der Waals surface area contributed by atoms with E-state index in [1.54, 1.807) is 42.8 Å². The van der Waals surface area contributed by atoms with Gasteiger partial charge in [-0.3, -0.25) is 10.1 Å². The molecular formula is C89H183N9O20. The number of ether oxygens (including phenoxy) is 10. The summed E-state index contributed by atoms with van der Waals surface area (Å²) < 4.78 is 50.3. The number of benzene rings is 1. The maximum atomic E-state index is 11.3. The minimum Gasteiger partial charge on any atom is -0.463 e. The van der Waals surface area contributed by atoms with Crippen LogP contribution in [-0.4, -0.2) is 162 Å². The molecule has 29 nitrogen and oxygen atoms in total. The molecule has 29 heteroatoms. The lowest BCUT2D eigenvalue weighted by Gasteiger charge is -2.22. The Morgan fingerprint density at radius 1 is 0.441 bits per heavy atom. The first-order valence-electron chi connectivity index (χ1n) is 37.8. The van der Waals surface area contributed by atoms with Gasteiger partial charge in [-0.05, 0) is 254 Å². The molecular weight excluding hydrogens is 1520 g/mol. The number of esters is 3. The topological polar surface area (TPSA) is 382 Å². The van der Waals surface area contributed by atoms with E-state index in [1.165, 1.54) is 44.9 Å². The number of para-hydroxylation sites is 1. The van der Waals surface area contributed by atoms with Gasteiger partial charge in [-0.25, -0.2) is 43.2 Å². The fraction of sp³-hybridized carbons (Fsp3) is 0.730. The third-order valence-electron chi connectivity index (χ3n) is 12.0. The second-order valence-corrected chi connectivity index (χ2v) is 28.7. The van der Waals surface area contributed by atoms with E-state index >= 15 is 0 Å². The molecule has 2 heterocycles. The summed E-state index contributed by atoms with van der Waals surface area (Å²) in [6, 6.07) is 16.7. The zero-order valence-electron chi connectivity index (χ0n) is 70.7. The smallest absolute Gasteiger partial charge is 0.411 e. The van der Waals surface area contributed by atoms with Crippen LogP contribution in [0.2, 0.25) is 0 Å². The molecule has 0 unspecified atom stereocenters. The lowest BCUT2D eigenvalue weighted by molar-refractivity contribution is -0.148. The van der Waals surface area contributed by atoms with E-state index in [0.29, 0.717) is 42.9 Å². The molecule has 704 valence electrons. The molecule has 9 N–H and O–H groups in total. The van der Waals surface area contributed by atoms with Crippen molar-refractivity contribution in [2.24, 2.45) is 18.7 Å². The van der Waals surface area contributed by atoms with E-state index in [9.17, 15) is 47.9 Å². The van der Waals surface area contributed by atoms with Gasteiger partial charge in [-0.2, -0.15) is 0 Å². The Kier molecular flexibility index (Phi) is 107. The van der Waals surface area contributed by atoms with Crippen molar-refractivity contribution >= 4 is 66.2 Å². The summed E-state index contributed by atoms with van der Waals surface area (Å²) in [7, 11) is 1.82. The van der Waals surface area contributed by atoms with E-state index in [1.807, 2.05) is 223 Å². The molecule has 2 aliphatic rings. The zero-order chi connectivity index (χ0) is 84.1. The monoisotopic (exact) mass is 1700 g/mol. The normalized spacial score (nSPS) is 11.0. The van der Waals surface area contributed by atoms with E-state index in [4.69, 9.17) is 42.6 Å². The number of nitrogens with two attached hydrogens (primary N) is 1. The number of hydrogen-bond donors (Lipinski definition) is 8. The number of carbonyl (C=O) groups excluding carboxylic acids is 10. The number of nitrogens with one attached hydrogen (secondary N) is 7. The largest absolute Gasteiger partial charge is 0.463 e. The first-order valence-corrected chi connectivity index (χ1v) is 37.8. The minimum atomic E-state index is -0.713. The van der Waals surface area contributed by atoms with Gasteiger partial charge in [-0.1, -0.05) is 131 Å². The molecule has 2 aliphatic carbocycles. The van der Waals surface area contributed by atoms with Gasteiger partial charge in [-0.15, -0.1) is 0 Å². The van der Waals surface area contributed by atoms with Crippen molar-refractivity contribution in [3.63, 3.8) is 0 Å². The molecule has 7 amide bonds. The second-order valence-electron chi connectivity index (χ2n) is 28.7. The van der Waals surface area contributed by atoms with Crippen LogP contribution < -0.4 is 37.6 Å². The molecule has 2 aromatic heterocycles. The van der Waals surface area contributed by atoms with Gasteiger partial charge in [0.15, 0.2) is 0 Å². The van der Waals surface area contributed by atoms with Gasteiger partial charge < -0.3 is 89.2 Å². The van der Waals surface area contributed by atoms with Crippen molar-refractivity contribution in [3.8, 4) is 0 Å². The lowest BCUT2D eigenvalue weighted by atomic mass is 9.96. The van der Waals surface area contributed by atoms with Crippen LogP contribution in [0.5, 0.6) is 0 Å². The zero-order valence-corrected chi connectivity index (χ0v) is 70.7. The van der Waals surface area contributed by atoms with Crippen molar-refractivity contribution in [2.75, 3.05) is 18.4 Å². The highest BCUT2D eigenvalue weighted by Crippen LogP contribution is 2.28. The third kappa shape index (κ3) is 105. The summed E-state index contributed by atoms with van der Waals surface area (Å²) in [5, 5.41) is 15.9. The van der Waals surface area contributed by atoms with Crippen LogP contribution in [0.25, 0.3) is 0 Å². The number of H-pyrrole nitrogens is 1. The molecule has 5 rings (SSSR count). The van der Waals surface area contributed by atoms with Crippen molar-refractivity contribution in [1.29, 1.82) is 0 Å². The van der Waals surface area contributed by atoms with Crippen LogP contribution in [0.1, 0.15) is 353 Å². The molecule has 118 heavy (non-hydrogen) atoms. The number of aromatic nitrogens is 2. The summed E-state index contributed by atoms with van der Waals surface area (Å²) in [6.45, 7) is 51.1. The molecule has 2 saturated carbocycles. The van der Waals surface area contributed by atoms with Crippen molar-refractivity contribution in [3.05, 3.63) is 78.4 Å². The molecule has 0 radical (unpaired) electrons. The maximum Gasteiger partial charge on any atom is 0.411 e. The Labute approximate surface area is 720 Å². The van der Waals surface area contributed by atoms with E-state index < -0.39 is 12.2 Å². The minimum absolute atomic E-state index is 0. The first-order chi connectivity index (χ1) is 50.1. The highest BCUT2D eigenvalue weighted by Gasteiger charge is 2.21. The average molecular weight is 1700 g/mol. The van der Waals surface area contributed by atoms with Gasteiger partial charge in [0.2, 0.25) is 0 Å². The van der Waals surface area contributed by atoms with Gasteiger partial charge >= 0.3 is 60.6 Å². The van der Waals surface area contributed by atoms with Gasteiger partial charge in [0.25, 0.3) is 0 Å². The number of aromatic amines is 1. The SMILES string of the molecule is C.C.C.C.C.C.C.C.C.C.CC(C)NC(=O)OC(C)C.CC(C)OC(=O)CC1CCCC1.CC(C)OC(=O)NC(C)(C)C.CC(C)OC(=O)NC1CCCCC1.CC(C)OC(=O)Nc1ccccc1.CC(C)OC(=O)c1ccc[nH]1.CC(C)OC(=O)c1cccn1C.CC(C)OC(N)=O.CCCNC(=O)OC(C)C.CCNC(=O)OC(C)C. The van der Waals surface area contributed by atoms with Gasteiger partial charge in [0.1, 0.15) is 11.4 Å². The Hall–Kier alpha value is -8.92. The number of anilines is 1. The Morgan fingerprint density at radius 3 is 1.19 bits per heavy atom. The molecule has 0 bridgehead atoms. The fourth-order valence-corrected chi connectivity index (χ4v) is 8.14. The molecule has 0 atom stereocenters. The summed E-state index contributed by atoms with van der Waals surface area (Å²) in [5.41, 5.74) is 6.25. The highest BCUT2D eigenvalue weighted by molar-refractivity contribution is 5.88. The molecule has 0 aliphatic heterocycles. The number of carbonyl (C=O) groups is 10. The summed E-state index contributed by atoms with van der Waals surface area (Å²) in [4.78, 5) is 111. The Bertz CT molecular complexity index is 2800. The highest BCUT2D eigenvalue weighted by atomic mass is 16.6. The number of hydrogen-bond acceptors (Lipinski definition) is 20. The van der Waals surface area contributed by atoms with Crippen molar-refractivity contribution in [1.82, 2.24) is 36.1 Å². The molecule has 0 saturated heterocycles. The van der Waals surface area contributed by atoms with E-state index in [2.05, 4.69) is 47.4 Å². The first kappa shape index (κ1) is 144. The number of rotatable bonds is 20. The summed E-state index contributed by atoms with van der Waals surface area (Å²) in [5.74, 6) is 0.0238. The number of alkyl carbamates (subject to hydrolysis) is 5. The summed E-state index contributed by atoms with van der Waals surface area (Å²) in [6.07, 6.45) is 12.8. The van der Waals surface area contributed by atoms with Crippen LogP contribution >= 0.6 is 0 Å². The number of aryl methyl sites for hydroxylation is 1. The maximum absolute atomic E-state index is 11.3. The molecule has 1 aromatic carbocycles. The van der Waals surface area contributed by atoms with Crippen LogP contribution in [0.15, 0.2) is 67.0 Å². The molecule has 0 spiro atoms. The Morgan fingerprint density at radius 2 is 0.831 bits per heavy atom. The van der Waals surface area contributed by atoms with Crippen molar-refractivity contribution < 1.29 is 95.3 Å². The van der Waals surface area contributed by atoms with Crippen molar-refractivity contribution in [2.45, 2.75) is 410 Å². The van der Waals surface area contributed by atoms with Crippen LogP contribution in [0.4, 0.5) is 39.2 Å².